The summed E-state index contributed by atoms with van der Waals surface area (Å²) >= 11 is 17.1. The molecule has 2 rings (SSSR count). The SMILES string of the molecule is C1CSCCSCCCSCCSC1.C1CSCCSCCCSCCSC1. The van der Waals surface area contributed by atoms with Crippen LogP contribution in [0.1, 0.15) is 25.7 Å². The summed E-state index contributed by atoms with van der Waals surface area (Å²) in [6, 6.07) is 0. The maximum Gasteiger partial charge on any atom is 0.00235 e. The number of rotatable bonds is 0. The van der Waals surface area contributed by atoms with Crippen LogP contribution in [0.5, 0.6) is 0 Å². The average molecular weight is 537 g/mol. The first-order valence-electron chi connectivity index (χ1n) is 10.6. The fraction of sp³-hybridized carbons (Fsp3) is 1.00. The van der Waals surface area contributed by atoms with Gasteiger partial charge < -0.3 is 0 Å². The van der Waals surface area contributed by atoms with Crippen LogP contribution in [0.3, 0.4) is 0 Å². The Hall–Kier alpha value is 2.80. The number of hydrogen-bond donors (Lipinski definition) is 0. The molecule has 0 aliphatic carbocycles. The fourth-order valence-corrected chi connectivity index (χ4v) is 11.3. The minimum absolute atomic E-state index is 1.36. The highest BCUT2D eigenvalue weighted by Gasteiger charge is 1.97. The number of hydrogen-bond acceptors (Lipinski definition) is 8. The highest BCUT2D eigenvalue weighted by atomic mass is 32.2. The van der Waals surface area contributed by atoms with Crippen LogP contribution in [0.25, 0.3) is 0 Å². The molecule has 0 radical (unpaired) electrons. The van der Waals surface area contributed by atoms with Crippen molar-refractivity contribution >= 4 is 94.1 Å². The zero-order valence-electron chi connectivity index (χ0n) is 17.4. The van der Waals surface area contributed by atoms with Crippen molar-refractivity contribution < 1.29 is 0 Å². The Morgan fingerprint density at radius 3 is 0.464 bits per heavy atom. The van der Waals surface area contributed by atoms with Crippen LogP contribution in [0.2, 0.25) is 0 Å². The average Bonchev–Trinajstić information content (AvgIpc) is 2.72. The Labute approximate surface area is 210 Å². The molecule has 2 aliphatic heterocycles. The maximum absolute atomic E-state index is 2.14. The van der Waals surface area contributed by atoms with Gasteiger partial charge in [0.15, 0.2) is 0 Å². The van der Waals surface area contributed by atoms with Crippen LogP contribution in [0, 0.1) is 0 Å². The van der Waals surface area contributed by atoms with E-state index in [2.05, 4.69) is 94.1 Å². The van der Waals surface area contributed by atoms with Crippen molar-refractivity contribution in [3.05, 3.63) is 0 Å². The third-order valence-corrected chi connectivity index (χ3v) is 13.4. The topological polar surface area (TPSA) is 0 Å². The van der Waals surface area contributed by atoms with E-state index in [0.29, 0.717) is 0 Å². The van der Waals surface area contributed by atoms with E-state index in [9.17, 15) is 0 Å². The van der Waals surface area contributed by atoms with Crippen LogP contribution in [-0.2, 0) is 0 Å². The second-order valence-corrected chi connectivity index (χ2v) is 16.1. The lowest BCUT2D eigenvalue weighted by Crippen LogP contribution is -1.95. The first-order valence-corrected chi connectivity index (χ1v) is 19.9. The molecular weight excluding hydrogens is 497 g/mol. The Bertz CT molecular complexity index is 159. The third kappa shape index (κ3) is 23.5. The van der Waals surface area contributed by atoms with Gasteiger partial charge in [0.2, 0.25) is 0 Å². The van der Waals surface area contributed by atoms with Gasteiger partial charge in [-0.25, -0.2) is 0 Å². The Morgan fingerprint density at radius 2 is 0.321 bits per heavy atom. The second-order valence-electron chi connectivity index (χ2n) is 6.31. The molecular formula is C20H40S8. The molecule has 0 aromatic rings. The molecule has 2 fully saturated rings. The molecule has 0 atom stereocenters. The quantitative estimate of drug-likeness (QED) is 0.309. The summed E-state index contributed by atoms with van der Waals surface area (Å²) in [6.07, 6.45) is 5.63. The van der Waals surface area contributed by atoms with Crippen molar-refractivity contribution in [3.63, 3.8) is 0 Å². The van der Waals surface area contributed by atoms with Crippen molar-refractivity contribution in [1.29, 1.82) is 0 Å². The number of thioether (sulfide) groups is 8. The molecule has 2 aliphatic rings. The maximum atomic E-state index is 2.14. The van der Waals surface area contributed by atoms with Crippen molar-refractivity contribution in [2.75, 3.05) is 92.0 Å². The van der Waals surface area contributed by atoms with Crippen LogP contribution < -0.4 is 0 Å². The highest BCUT2D eigenvalue weighted by molar-refractivity contribution is 8.04. The fourth-order valence-electron chi connectivity index (χ4n) is 2.34. The van der Waals surface area contributed by atoms with Crippen molar-refractivity contribution in [1.82, 2.24) is 0 Å². The van der Waals surface area contributed by atoms with E-state index in [-0.39, 0.29) is 0 Å². The first kappa shape index (κ1) is 28.8. The van der Waals surface area contributed by atoms with Crippen molar-refractivity contribution in [2.45, 2.75) is 25.7 Å². The van der Waals surface area contributed by atoms with Gasteiger partial charge in [-0.15, -0.1) is 0 Å². The summed E-state index contributed by atoms with van der Waals surface area (Å²) in [5.74, 6) is 21.9. The van der Waals surface area contributed by atoms with Gasteiger partial charge in [-0.3, -0.25) is 0 Å². The predicted molar refractivity (Wildman–Crippen MR) is 157 cm³/mol. The van der Waals surface area contributed by atoms with E-state index in [1.165, 1.54) is 118 Å². The van der Waals surface area contributed by atoms with E-state index in [1.54, 1.807) is 0 Å². The zero-order valence-corrected chi connectivity index (χ0v) is 23.9. The molecule has 0 saturated carbocycles. The summed E-state index contributed by atoms with van der Waals surface area (Å²) in [4.78, 5) is 0. The highest BCUT2D eigenvalue weighted by Crippen LogP contribution is 2.16. The normalized spacial score (nSPS) is 24.0. The minimum atomic E-state index is 1.36. The Morgan fingerprint density at radius 1 is 0.179 bits per heavy atom. The molecule has 0 bridgehead atoms. The summed E-state index contributed by atoms with van der Waals surface area (Å²) in [6.45, 7) is 0. The first-order chi connectivity index (χ1) is 14.0. The molecule has 0 unspecified atom stereocenters. The lowest BCUT2D eigenvalue weighted by Gasteiger charge is -2.05. The molecule has 0 N–H and O–H groups in total. The van der Waals surface area contributed by atoms with Gasteiger partial charge in [0.1, 0.15) is 0 Å². The monoisotopic (exact) mass is 536 g/mol. The molecule has 0 amide bonds. The van der Waals surface area contributed by atoms with Crippen LogP contribution in [-0.4, -0.2) is 92.0 Å². The van der Waals surface area contributed by atoms with Gasteiger partial charge >= 0.3 is 0 Å². The summed E-state index contributed by atoms with van der Waals surface area (Å²) in [5.41, 5.74) is 0. The van der Waals surface area contributed by atoms with Crippen LogP contribution in [0.4, 0.5) is 0 Å². The molecule has 168 valence electrons. The molecule has 28 heavy (non-hydrogen) atoms. The van der Waals surface area contributed by atoms with E-state index in [0.717, 1.165) is 0 Å². The van der Waals surface area contributed by atoms with Gasteiger partial charge in [-0.05, 0) is 71.7 Å². The smallest absolute Gasteiger partial charge is 0.00235 e. The summed E-state index contributed by atoms with van der Waals surface area (Å²) < 4.78 is 0. The molecule has 8 heteroatoms. The second kappa shape index (κ2) is 26.1. The summed E-state index contributed by atoms with van der Waals surface area (Å²) in [7, 11) is 0. The molecule has 2 saturated heterocycles. The Balaban J connectivity index is 0.000000280. The van der Waals surface area contributed by atoms with Crippen molar-refractivity contribution in [2.24, 2.45) is 0 Å². The molecule has 0 nitrogen and oxygen atoms in total. The van der Waals surface area contributed by atoms with Gasteiger partial charge in [0, 0.05) is 46.0 Å². The van der Waals surface area contributed by atoms with E-state index < -0.39 is 0 Å². The van der Waals surface area contributed by atoms with Gasteiger partial charge in [-0.2, -0.15) is 94.1 Å². The predicted octanol–water partition coefficient (Wildman–Crippen LogP) is 7.43. The van der Waals surface area contributed by atoms with Crippen molar-refractivity contribution in [3.8, 4) is 0 Å². The van der Waals surface area contributed by atoms with Gasteiger partial charge in [0.25, 0.3) is 0 Å². The largest absolute Gasteiger partial charge is 0.161 e. The molecule has 0 aromatic carbocycles. The minimum Gasteiger partial charge on any atom is -0.161 e. The summed E-state index contributed by atoms with van der Waals surface area (Å²) in [5, 5.41) is 0. The van der Waals surface area contributed by atoms with Crippen LogP contribution >= 0.6 is 94.1 Å². The lowest BCUT2D eigenvalue weighted by molar-refractivity contribution is 1.11. The van der Waals surface area contributed by atoms with E-state index in [4.69, 9.17) is 0 Å². The van der Waals surface area contributed by atoms with E-state index in [1.807, 2.05) is 0 Å². The van der Waals surface area contributed by atoms with Gasteiger partial charge in [-0.1, -0.05) is 0 Å². The lowest BCUT2D eigenvalue weighted by atomic mass is 10.6. The molecule has 0 spiro atoms. The standard InChI is InChI=1S/2C10H20S4/c2*1-3-11-7-9-13-5-2-6-14-10-8-12-4-1/h2*1-10H2. The zero-order chi connectivity index (χ0) is 19.8. The Kier molecular flexibility index (Phi) is 26.8. The third-order valence-electron chi connectivity index (χ3n) is 3.80. The van der Waals surface area contributed by atoms with E-state index >= 15 is 0 Å². The van der Waals surface area contributed by atoms with Gasteiger partial charge in [0.05, 0.1) is 0 Å². The molecule has 2 heterocycles. The molecule has 0 aromatic heterocycles. The van der Waals surface area contributed by atoms with Crippen LogP contribution in [0.15, 0.2) is 0 Å².